The van der Waals surface area contributed by atoms with Crippen molar-refractivity contribution in [3.8, 4) is 11.5 Å². The number of alkyl halides is 3. The van der Waals surface area contributed by atoms with Gasteiger partial charge in [0, 0.05) is 16.6 Å². The van der Waals surface area contributed by atoms with E-state index in [1.165, 1.54) is 12.1 Å². The van der Waals surface area contributed by atoms with E-state index >= 15 is 0 Å². The van der Waals surface area contributed by atoms with Crippen LogP contribution >= 0.6 is 15.9 Å². The van der Waals surface area contributed by atoms with Crippen molar-refractivity contribution in [3.05, 3.63) is 58.1 Å². The van der Waals surface area contributed by atoms with Crippen LogP contribution in [0, 0.1) is 0 Å². The van der Waals surface area contributed by atoms with E-state index in [1.54, 1.807) is 18.2 Å². The van der Waals surface area contributed by atoms with Gasteiger partial charge in [0.05, 0.1) is 5.56 Å². The molecule has 0 amide bonds. The van der Waals surface area contributed by atoms with Gasteiger partial charge in [0.25, 0.3) is 0 Å². The number of benzene rings is 2. The van der Waals surface area contributed by atoms with Gasteiger partial charge in [-0.2, -0.15) is 13.2 Å². The summed E-state index contributed by atoms with van der Waals surface area (Å²) < 4.78 is 44.2. The lowest BCUT2D eigenvalue weighted by Gasteiger charge is -2.12. The molecule has 0 unspecified atom stereocenters. The minimum Gasteiger partial charge on any atom is -0.457 e. The van der Waals surface area contributed by atoms with Crippen LogP contribution < -0.4 is 10.5 Å². The van der Waals surface area contributed by atoms with Crippen molar-refractivity contribution in [1.82, 2.24) is 0 Å². The fourth-order valence-corrected chi connectivity index (χ4v) is 2.08. The number of halogens is 4. The second-order valence-electron chi connectivity index (χ2n) is 4.08. The van der Waals surface area contributed by atoms with Gasteiger partial charge in [-0.15, -0.1) is 0 Å². The SMILES string of the molecule is NCc1cc(Br)ccc1Oc1cccc(C(F)(F)F)c1. The Morgan fingerprint density at radius 1 is 1.10 bits per heavy atom. The van der Waals surface area contributed by atoms with Crippen LogP contribution in [0.5, 0.6) is 11.5 Å². The molecule has 0 aliphatic heterocycles. The van der Waals surface area contributed by atoms with E-state index in [0.29, 0.717) is 11.3 Å². The van der Waals surface area contributed by atoms with Crippen LogP contribution in [-0.4, -0.2) is 0 Å². The standard InChI is InChI=1S/C14H11BrF3NO/c15-11-4-5-13(9(6-11)8-19)20-12-3-1-2-10(7-12)14(16,17)18/h1-7H,8,19H2. The number of nitrogens with two attached hydrogens (primary N) is 1. The van der Waals surface area contributed by atoms with Crippen molar-refractivity contribution in [2.45, 2.75) is 12.7 Å². The zero-order chi connectivity index (χ0) is 14.8. The summed E-state index contributed by atoms with van der Waals surface area (Å²) in [6.45, 7) is 0.230. The molecule has 20 heavy (non-hydrogen) atoms. The highest BCUT2D eigenvalue weighted by atomic mass is 79.9. The maximum absolute atomic E-state index is 12.6. The topological polar surface area (TPSA) is 35.2 Å². The molecule has 0 saturated carbocycles. The molecule has 0 fully saturated rings. The largest absolute Gasteiger partial charge is 0.457 e. The first kappa shape index (κ1) is 14.9. The van der Waals surface area contributed by atoms with Gasteiger partial charge in [0.15, 0.2) is 0 Å². The predicted molar refractivity (Wildman–Crippen MR) is 73.6 cm³/mol. The summed E-state index contributed by atoms with van der Waals surface area (Å²) in [7, 11) is 0. The highest BCUT2D eigenvalue weighted by Crippen LogP contribution is 2.33. The van der Waals surface area contributed by atoms with E-state index in [9.17, 15) is 13.2 Å². The summed E-state index contributed by atoms with van der Waals surface area (Å²) in [5.74, 6) is 0.562. The van der Waals surface area contributed by atoms with E-state index in [2.05, 4.69) is 15.9 Å². The molecule has 2 rings (SSSR count). The Balaban J connectivity index is 2.31. The zero-order valence-electron chi connectivity index (χ0n) is 10.2. The molecule has 0 saturated heterocycles. The summed E-state index contributed by atoms with van der Waals surface area (Å²) in [5, 5.41) is 0. The molecule has 2 aromatic carbocycles. The minimum atomic E-state index is -4.39. The fourth-order valence-electron chi connectivity index (χ4n) is 1.67. The lowest BCUT2D eigenvalue weighted by molar-refractivity contribution is -0.137. The van der Waals surface area contributed by atoms with Crippen molar-refractivity contribution < 1.29 is 17.9 Å². The van der Waals surface area contributed by atoms with Gasteiger partial charge in [0.2, 0.25) is 0 Å². The van der Waals surface area contributed by atoms with Gasteiger partial charge in [-0.1, -0.05) is 22.0 Å². The Labute approximate surface area is 122 Å². The van der Waals surface area contributed by atoms with Crippen molar-refractivity contribution in [3.63, 3.8) is 0 Å². The molecule has 0 aliphatic rings. The summed E-state index contributed by atoms with van der Waals surface area (Å²) in [4.78, 5) is 0. The third-order valence-electron chi connectivity index (χ3n) is 2.63. The average Bonchev–Trinajstić information content (AvgIpc) is 2.40. The van der Waals surface area contributed by atoms with Crippen LogP contribution in [0.25, 0.3) is 0 Å². The Hall–Kier alpha value is -1.53. The van der Waals surface area contributed by atoms with E-state index in [0.717, 1.165) is 16.6 Å². The molecule has 0 atom stereocenters. The lowest BCUT2D eigenvalue weighted by atomic mass is 10.2. The van der Waals surface area contributed by atoms with Gasteiger partial charge in [-0.3, -0.25) is 0 Å². The highest BCUT2D eigenvalue weighted by Gasteiger charge is 2.30. The van der Waals surface area contributed by atoms with Crippen LogP contribution in [-0.2, 0) is 12.7 Å². The van der Waals surface area contributed by atoms with Gasteiger partial charge in [-0.25, -0.2) is 0 Å². The molecule has 0 bridgehead atoms. The lowest BCUT2D eigenvalue weighted by Crippen LogP contribution is -2.05. The Kier molecular flexibility index (Phi) is 4.35. The van der Waals surface area contributed by atoms with E-state index in [4.69, 9.17) is 10.5 Å². The third kappa shape index (κ3) is 3.52. The number of hydrogen-bond donors (Lipinski definition) is 1. The van der Waals surface area contributed by atoms with Crippen LogP contribution in [0.2, 0.25) is 0 Å². The van der Waals surface area contributed by atoms with Crippen LogP contribution in [0.4, 0.5) is 13.2 Å². The number of hydrogen-bond acceptors (Lipinski definition) is 2. The van der Waals surface area contributed by atoms with Gasteiger partial charge < -0.3 is 10.5 Å². The Bertz CT molecular complexity index is 614. The second kappa shape index (κ2) is 5.85. The smallest absolute Gasteiger partial charge is 0.416 e. The van der Waals surface area contributed by atoms with Crippen molar-refractivity contribution >= 4 is 15.9 Å². The molecule has 2 nitrogen and oxygen atoms in total. The first-order chi connectivity index (χ1) is 9.40. The van der Waals surface area contributed by atoms with Crippen LogP contribution in [0.1, 0.15) is 11.1 Å². The summed E-state index contributed by atoms with van der Waals surface area (Å²) in [5.41, 5.74) is 5.55. The normalized spacial score (nSPS) is 11.4. The van der Waals surface area contributed by atoms with Gasteiger partial charge in [0.1, 0.15) is 11.5 Å². The molecular formula is C14H11BrF3NO. The minimum absolute atomic E-state index is 0.122. The first-order valence-electron chi connectivity index (χ1n) is 5.74. The van der Waals surface area contributed by atoms with E-state index in [-0.39, 0.29) is 12.3 Å². The molecule has 0 heterocycles. The third-order valence-corrected chi connectivity index (χ3v) is 3.12. The van der Waals surface area contributed by atoms with Gasteiger partial charge >= 0.3 is 6.18 Å². The monoisotopic (exact) mass is 345 g/mol. The number of rotatable bonds is 3. The predicted octanol–water partition coefficient (Wildman–Crippen LogP) is 4.72. The Morgan fingerprint density at radius 3 is 2.50 bits per heavy atom. The van der Waals surface area contributed by atoms with E-state index < -0.39 is 11.7 Å². The molecule has 0 aliphatic carbocycles. The van der Waals surface area contributed by atoms with Gasteiger partial charge in [-0.05, 0) is 36.4 Å². The first-order valence-corrected chi connectivity index (χ1v) is 6.53. The van der Waals surface area contributed by atoms with Crippen molar-refractivity contribution in [2.75, 3.05) is 0 Å². The highest BCUT2D eigenvalue weighted by molar-refractivity contribution is 9.10. The molecule has 2 N–H and O–H groups in total. The fraction of sp³-hybridized carbons (Fsp3) is 0.143. The van der Waals surface area contributed by atoms with Crippen LogP contribution in [0.15, 0.2) is 46.9 Å². The van der Waals surface area contributed by atoms with Crippen molar-refractivity contribution in [2.24, 2.45) is 5.73 Å². The summed E-state index contributed by atoms with van der Waals surface area (Å²) >= 11 is 3.30. The summed E-state index contributed by atoms with van der Waals surface area (Å²) in [6.07, 6.45) is -4.39. The molecule has 0 radical (unpaired) electrons. The van der Waals surface area contributed by atoms with E-state index in [1.807, 2.05) is 0 Å². The maximum Gasteiger partial charge on any atom is 0.416 e. The molecule has 0 spiro atoms. The molecule has 6 heteroatoms. The quantitative estimate of drug-likeness (QED) is 0.873. The molecule has 0 aromatic heterocycles. The molecule has 106 valence electrons. The Morgan fingerprint density at radius 2 is 1.85 bits per heavy atom. The summed E-state index contributed by atoms with van der Waals surface area (Å²) in [6, 6.07) is 9.90. The zero-order valence-corrected chi connectivity index (χ0v) is 11.8. The maximum atomic E-state index is 12.6. The second-order valence-corrected chi connectivity index (χ2v) is 5.00. The van der Waals surface area contributed by atoms with Crippen molar-refractivity contribution in [1.29, 1.82) is 0 Å². The molecular weight excluding hydrogens is 335 g/mol. The number of ether oxygens (including phenoxy) is 1. The molecule has 2 aromatic rings. The van der Waals surface area contributed by atoms with Crippen LogP contribution in [0.3, 0.4) is 0 Å². The average molecular weight is 346 g/mol.